The number of rotatable bonds is 5. The Morgan fingerprint density at radius 3 is 2.84 bits per heavy atom. The lowest BCUT2D eigenvalue weighted by atomic mass is 10.1. The Morgan fingerprint density at radius 2 is 2.16 bits per heavy atom. The van der Waals surface area contributed by atoms with Gasteiger partial charge in [0.1, 0.15) is 11.6 Å². The highest BCUT2D eigenvalue weighted by Gasteiger charge is 2.11. The molecular weight excluding hydrogens is 234 g/mol. The maximum absolute atomic E-state index is 4.57. The van der Waals surface area contributed by atoms with Gasteiger partial charge in [0, 0.05) is 25.4 Å². The standard InChI is InChI=1S/C16H21N3/c1-3-8-14-9-7-12-18-16(13-14)19(4-2)15-10-5-6-11-17-15/h5-6,9-13H,3-4,7-8H2,1-2H3. The number of hydrogen-bond acceptors (Lipinski definition) is 3. The lowest BCUT2D eigenvalue weighted by Crippen LogP contribution is -2.22. The van der Waals surface area contributed by atoms with E-state index >= 15 is 0 Å². The fourth-order valence-electron chi connectivity index (χ4n) is 2.18. The number of allylic oxidation sites excluding steroid dienone is 3. The second-order valence-corrected chi connectivity index (χ2v) is 4.51. The summed E-state index contributed by atoms with van der Waals surface area (Å²) in [5.74, 6) is 1.93. The molecule has 19 heavy (non-hydrogen) atoms. The van der Waals surface area contributed by atoms with Crippen LogP contribution in [0.25, 0.3) is 0 Å². The molecule has 2 rings (SSSR count). The van der Waals surface area contributed by atoms with E-state index in [2.05, 4.69) is 40.9 Å². The van der Waals surface area contributed by atoms with Crippen molar-refractivity contribution in [3.8, 4) is 0 Å². The van der Waals surface area contributed by atoms with E-state index in [0.717, 1.165) is 37.4 Å². The molecule has 0 aromatic carbocycles. The van der Waals surface area contributed by atoms with Crippen LogP contribution in [0, 0.1) is 0 Å². The molecule has 0 aliphatic carbocycles. The van der Waals surface area contributed by atoms with Crippen LogP contribution < -0.4 is 4.90 Å². The van der Waals surface area contributed by atoms with Gasteiger partial charge in [0.25, 0.3) is 0 Å². The first kappa shape index (κ1) is 13.5. The Kier molecular flexibility index (Phi) is 4.90. The first-order valence-corrected chi connectivity index (χ1v) is 6.97. The van der Waals surface area contributed by atoms with Gasteiger partial charge in [-0.3, -0.25) is 0 Å². The van der Waals surface area contributed by atoms with Gasteiger partial charge in [-0.2, -0.15) is 0 Å². The molecule has 0 saturated carbocycles. The minimum absolute atomic E-state index is 0.861. The van der Waals surface area contributed by atoms with Crippen LogP contribution in [0.2, 0.25) is 0 Å². The third-order valence-electron chi connectivity index (χ3n) is 3.08. The van der Waals surface area contributed by atoms with Gasteiger partial charge in [-0.25, -0.2) is 9.98 Å². The molecular formula is C16H21N3. The number of anilines is 1. The topological polar surface area (TPSA) is 28.5 Å². The third-order valence-corrected chi connectivity index (χ3v) is 3.08. The summed E-state index contributed by atoms with van der Waals surface area (Å²) in [5, 5.41) is 0. The summed E-state index contributed by atoms with van der Waals surface area (Å²) in [7, 11) is 0. The molecule has 0 N–H and O–H groups in total. The fraction of sp³-hybridized carbons (Fsp3) is 0.375. The lowest BCUT2D eigenvalue weighted by molar-refractivity contribution is 0.894. The van der Waals surface area contributed by atoms with Crippen molar-refractivity contribution in [3.63, 3.8) is 0 Å². The first-order chi connectivity index (χ1) is 9.35. The second-order valence-electron chi connectivity index (χ2n) is 4.51. The van der Waals surface area contributed by atoms with Gasteiger partial charge in [-0.05, 0) is 37.1 Å². The molecule has 2 heterocycles. The van der Waals surface area contributed by atoms with E-state index in [1.54, 1.807) is 0 Å². The van der Waals surface area contributed by atoms with Crippen LogP contribution in [-0.2, 0) is 0 Å². The molecule has 0 saturated heterocycles. The van der Waals surface area contributed by atoms with Crippen molar-refractivity contribution in [2.45, 2.75) is 33.1 Å². The molecule has 1 aliphatic heterocycles. The second kappa shape index (κ2) is 6.88. The van der Waals surface area contributed by atoms with E-state index < -0.39 is 0 Å². The molecule has 1 aromatic rings. The molecule has 0 spiro atoms. The predicted octanol–water partition coefficient (Wildman–Crippen LogP) is 3.95. The molecule has 1 aliphatic rings. The van der Waals surface area contributed by atoms with Gasteiger partial charge in [-0.15, -0.1) is 0 Å². The summed E-state index contributed by atoms with van der Waals surface area (Å²) < 4.78 is 0. The smallest absolute Gasteiger partial charge is 0.134 e. The normalized spacial score (nSPS) is 14.6. The van der Waals surface area contributed by atoms with Crippen molar-refractivity contribution < 1.29 is 0 Å². The van der Waals surface area contributed by atoms with Gasteiger partial charge < -0.3 is 4.90 Å². The monoisotopic (exact) mass is 255 g/mol. The number of aliphatic imine (C=N–C) groups is 1. The summed E-state index contributed by atoms with van der Waals surface area (Å²) >= 11 is 0. The summed E-state index contributed by atoms with van der Waals surface area (Å²) in [5.41, 5.74) is 1.37. The van der Waals surface area contributed by atoms with E-state index in [1.165, 1.54) is 5.57 Å². The zero-order chi connectivity index (χ0) is 13.5. The average Bonchev–Trinajstić information content (AvgIpc) is 2.67. The number of aromatic nitrogens is 1. The average molecular weight is 255 g/mol. The molecule has 3 heteroatoms. The molecule has 3 nitrogen and oxygen atoms in total. The maximum atomic E-state index is 4.57. The van der Waals surface area contributed by atoms with E-state index in [4.69, 9.17) is 0 Å². The zero-order valence-corrected chi connectivity index (χ0v) is 11.7. The summed E-state index contributed by atoms with van der Waals surface area (Å²) in [6.07, 6.45) is 11.4. The summed E-state index contributed by atoms with van der Waals surface area (Å²) in [6.45, 7) is 5.19. The van der Waals surface area contributed by atoms with Crippen LogP contribution >= 0.6 is 0 Å². The summed E-state index contributed by atoms with van der Waals surface area (Å²) in [6, 6.07) is 5.97. The highest BCUT2D eigenvalue weighted by atomic mass is 15.3. The predicted molar refractivity (Wildman–Crippen MR) is 81.4 cm³/mol. The number of pyridine rings is 1. The van der Waals surface area contributed by atoms with Crippen LogP contribution in [0.1, 0.15) is 33.1 Å². The maximum Gasteiger partial charge on any atom is 0.134 e. The lowest BCUT2D eigenvalue weighted by Gasteiger charge is -2.22. The largest absolute Gasteiger partial charge is 0.311 e. The molecule has 0 radical (unpaired) electrons. The van der Waals surface area contributed by atoms with Crippen LogP contribution in [0.3, 0.4) is 0 Å². The summed E-state index contributed by atoms with van der Waals surface area (Å²) in [4.78, 5) is 11.1. The van der Waals surface area contributed by atoms with E-state index in [1.807, 2.05) is 30.6 Å². The molecule has 0 amide bonds. The van der Waals surface area contributed by atoms with Crippen molar-refractivity contribution in [2.75, 3.05) is 11.4 Å². The minimum atomic E-state index is 0.861. The zero-order valence-electron chi connectivity index (χ0n) is 11.7. The van der Waals surface area contributed by atoms with Gasteiger partial charge in [-0.1, -0.05) is 25.5 Å². The Labute approximate surface area is 115 Å². The number of nitrogens with zero attached hydrogens (tertiary/aromatic N) is 3. The molecule has 100 valence electrons. The highest BCUT2D eigenvalue weighted by molar-refractivity contribution is 5.65. The van der Waals surface area contributed by atoms with Crippen molar-refractivity contribution in [1.82, 2.24) is 4.98 Å². The molecule has 1 aromatic heterocycles. The van der Waals surface area contributed by atoms with E-state index in [9.17, 15) is 0 Å². The quantitative estimate of drug-likeness (QED) is 0.797. The SMILES string of the molecule is CCCC1=CCC=NC(N(CC)c2ccccn2)=C1. The first-order valence-electron chi connectivity index (χ1n) is 6.97. The third kappa shape index (κ3) is 3.53. The Bertz CT molecular complexity index is 486. The van der Waals surface area contributed by atoms with Crippen molar-refractivity contribution in [1.29, 1.82) is 0 Å². The van der Waals surface area contributed by atoms with Crippen molar-refractivity contribution in [3.05, 3.63) is 47.9 Å². The van der Waals surface area contributed by atoms with Crippen LogP contribution in [0.15, 0.2) is 52.9 Å². The minimum Gasteiger partial charge on any atom is -0.311 e. The van der Waals surface area contributed by atoms with E-state index in [-0.39, 0.29) is 0 Å². The highest BCUT2D eigenvalue weighted by Crippen LogP contribution is 2.21. The van der Waals surface area contributed by atoms with Crippen LogP contribution in [-0.4, -0.2) is 17.7 Å². The van der Waals surface area contributed by atoms with Crippen LogP contribution in [0.5, 0.6) is 0 Å². The van der Waals surface area contributed by atoms with Gasteiger partial charge in [0.2, 0.25) is 0 Å². The molecule has 0 bridgehead atoms. The van der Waals surface area contributed by atoms with Crippen molar-refractivity contribution >= 4 is 12.0 Å². The van der Waals surface area contributed by atoms with E-state index in [0.29, 0.717) is 0 Å². The van der Waals surface area contributed by atoms with Gasteiger partial charge in [0.15, 0.2) is 0 Å². The Balaban J connectivity index is 2.29. The van der Waals surface area contributed by atoms with Crippen LogP contribution in [0.4, 0.5) is 5.82 Å². The molecule has 0 unspecified atom stereocenters. The molecule has 0 atom stereocenters. The molecule has 0 fully saturated rings. The van der Waals surface area contributed by atoms with Gasteiger partial charge >= 0.3 is 0 Å². The van der Waals surface area contributed by atoms with Crippen molar-refractivity contribution in [2.24, 2.45) is 4.99 Å². The Hall–Kier alpha value is -1.90. The fourth-order valence-corrected chi connectivity index (χ4v) is 2.18. The van der Waals surface area contributed by atoms with Gasteiger partial charge in [0.05, 0.1) is 0 Å². The number of hydrogen-bond donors (Lipinski definition) is 0. The Morgan fingerprint density at radius 1 is 1.26 bits per heavy atom.